The van der Waals surface area contributed by atoms with Crippen LogP contribution in [0.3, 0.4) is 0 Å². The first kappa shape index (κ1) is 11.2. The first-order chi connectivity index (χ1) is 6.10. The van der Waals surface area contributed by atoms with E-state index in [1.165, 1.54) is 11.4 Å². The minimum atomic E-state index is -3.21. The molecule has 78 valence electrons. The lowest BCUT2D eigenvalue weighted by molar-refractivity contribution is 0.288. The summed E-state index contributed by atoms with van der Waals surface area (Å²) in [7, 11) is -1.78. The molecule has 1 heterocycles. The van der Waals surface area contributed by atoms with Crippen molar-refractivity contribution in [3.63, 3.8) is 0 Å². The smallest absolute Gasteiger partial charge is 0.205 e. The van der Waals surface area contributed by atoms with Gasteiger partial charge in [0.2, 0.25) is 0 Å². The molecule has 0 bridgehead atoms. The highest BCUT2D eigenvalue weighted by Crippen LogP contribution is 2.19. The predicted molar refractivity (Wildman–Crippen MR) is 53.0 cm³/mol. The maximum absolute atomic E-state index is 11.3. The van der Waals surface area contributed by atoms with Crippen molar-refractivity contribution in [2.45, 2.75) is 12.8 Å². The van der Waals surface area contributed by atoms with Gasteiger partial charge >= 0.3 is 0 Å². The zero-order chi connectivity index (χ0) is 9.90. The summed E-state index contributed by atoms with van der Waals surface area (Å²) in [4.78, 5) is 0. The number of alkyl halides is 1. The van der Waals surface area contributed by atoms with Crippen LogP contribution < -0.4 is 4.72 Å². The second-order valence-electron chi connectivity index (χ2n) is 3.21. The molecule has 0 unspecified atom stereocenters. The lowest BCUT2D eigenvalue weighted by Gasteiger charge is -2.29. The Kier molecular flexibility index (Phi) is 3.97. The molecule has 1 rings (SSSR count). The molecule has 0 saturated carbocycles. The minimum Gasteiger partial charge on any atom is -0.205 e. The van der Waals surface area contributed by atoms with E-state index in [1.807, 2.05) is 0 Å². The summed E-state index contributed by atoms with van der Waals surface area (Å²) in [6.45, 7) is 1.17. The van der Waals surface area contributed by atoms with E-state index < -0.39 is 10.2 Å². The molecule has 0 aromatic carbocycles. The third-order valence-electron chi connectivity index (χ3n) is 2.39. The average molecular weight is 227 g/mol. The van der Waals surface area contributed by atoms with Crippen LogP contribution in [0.2, 0.25) is 0 Å². The standard InChI is InChI=1S/C7H15ClN2O2S/c1-9-13(11,12)10-4-2-7(6-8)3-5-10/h7,9H,2-6H2,1H3. The van der Waals surface area contributed by atoms with Gasteiger partial charge in [0.05, 0.1) is 0 Å². The van der Waals surface area contributed by atoms with Crippen LogP contribution in [0, 0.1) is 5.92 Å². The van der Waals surface area contributed by atoms with Crippen LogP contribution >= 0.6 is 11.6 Å². The summed E-state index contributed by atoms with van der Waals surface area (Å²) in [5, 5.41) is 0. The van der Waals surface area contributed by atoms with Crippen LogP contribution in [-0.4, -0.2) is 38.7 Å². The fourth-order valence-corrected chi connectivity index (χ4v) is 2.69. The number of nitrogens with one attached hydrogen (secondary N) is 1. The second-order valence-corrected chi connectivity index (χ2v) is 5.39. The Morgan fingerprint density at radius 1 is 1.46 bits per heavy atom. The van der Waals surface area contributed by atoms with E-state index in [2.05, 4.69) is 4.72 Å². The molecule has 0 aliphatic carbocycles. The summed E-state index contributed by atoms with van der Waals surface area (Å²) in [5.74, 6) is 1.11. The van der Waals surface area contributed by atoms with Crippen molar-refractivity contribution < 1.29 is 8.42 Å². The molecule has 1 fully saturated rings. The Balaban J connectivity index is 2.50. The molecule has 0 radical (unpaired) electrons. The highest BCUT2D eigenvalue weighted by molar-refractivity contribution is 7.87. The SMILES string of the molecule is CNS(=O)(=O)N1CCC(CCl)CC1. The minimum absolute atomic E-state index is 0.477. The first-order valence-electron chi connectivity index (χ1n) is 4.34. The molecule has 1 N–H and O–H groups in total. The maximum Gasteiger partial charge on any atom is 0.279 e. The van der Waals surface area contributed by atoms with Crippen molar-refractivity contribution in [1.82, 2.24) is 9.03 Å². The van der Waals surface area contributed by atoms with E-state index in [0.29, 0.717) is 24.9 Å². The van der Waals surface area contributed by atoms with Crippen LogP contribution in [0.4, 0.5) is 0 Å². The number of rotatable bonds is 3. The van der Waals surface area contributed by atoms with Gasteiger partial charge in [-0.3, -0.25) is 0 Å². The highest BCUT2D eigenvalue weighted by atomic mass is 35.5. The number of halogens is 1. The molecule has 0 atom stereocenters. The van der Waals surface area contributed by atoms with Crippen molar-refractivity contribution in [2.24, 2.45) is 5.92 Å². The van der Waals surface area contributed by atoms with Gasteiger partial charge in [-0.15, -0.1) is 11.6 Å². The number of nitrogens with zero attached hydrogens (tertiary/aromatic N) is 1. The molecule has 6 heteroatoms. The molecular formula is C7H15ClN2O2S. The molecule has 4 nitrogen and oxygen atoms in total. The molecule has 1 aliphatic heterocycles. The molecule has 0 aromatic heterocycles. The fourth-order valence-electron chi connectivity index (χ4n) is 1.43. The predicted octanol–water partition coefficient (Wildman–Crippen LogP) is 0.401. The highest BCUT2D eigenvalue weighted by Gasteiger charge is 2.25. The van der Waals surface area contributed by atoms with Gasteiger partial charge in [-0.1, -0.05) is 0 Å². The average Bonchev–Trinajstić information content (AvgIpc) is 2.18. The first-order valence-corrected chi connectivity index (χ1v) is 6.32. The lowest BCUT2D eigenvalue weighted by Crippen LogP contribution is -2.43. The Hall–Kier alpha value is 0.160. The van der Waals surface area contributed by atoms with Crippen molar-refractivity contribution in [3.8, 4) is 0 Å². The Labute approximate surface area is 84.4 Å². The quantitative estimate of drug-likeness (QED) is 0.709. The van der Waals surface area contributed by atoms with Crippen molar-refractivity contribution >= 4 is 21.8 Å². The molecule has 13 heavy (non-hydrogen) atoms. The van der Waals surface area contributed by atoms with Crippen molar-refractivity contribution in [2.75, 3.05) is 26.0 Å². The second kappa shape index (κ2) is 4.59. The molecule has 1 saturated heterocycles. The number of hydrogen-bond donors (Lipinski definition) is 1. The van der Waals surface area contributed by atoms with E-state index in [-0.39, 0.29) is 0 Å². The van der Waals surface area contributed by atoms with Gasteiger partial charge in [0.15, 0.2) is 0 Å². The van der Waals surface area contributed by atoms with Gasteiger partial charge in [-0.25, -0.2) is 4.72 Å². The zero-order valence-electron chi connectivity index (χ0n) is 7.66. The molecule has 0 amide bonds. The van der Waals surface area contributed by atoms with E-state index in [9.17, 15) is 8.42 Å². The summed E-state index contributed by atoms with van der Waals surface area (Å²) >= 11 is 5.69. The zero-order valence-corrected chi connectivity index (χ0v) is 9.24. The lowest BCUT2D eigenvalue weighted by atomic mass is 10.0. The van der Waals surface area contributed by atoms with Crippen LogP contribution in [0.25, 0.3) is 0 Å². The number of piperidine rings is 1. The van der Waals surface area contributed by atoms with Crippen molar-refractivity contribution in [3.05, 3.63) is 0 Å². The Morgan fingerprint density at radius 3 is 2.38 bits per heavy atom. The largest absolute Gasteiger partial charge is 0.279 e. The third-order valence-corrected chi connectivity index (χ3v) is 4.39. The van der Waals surface area contributed by atoms with E-state index >= 15 is 0 Å². The Bertz CT molecular complexity index is 247. The Morgan fingerprint density at radius 2 is 2.00 bits per heavy atom. The summed E-state index contributed by atoms with van der Waals surface area (Å²) in [6, 6.07) is 0. The monoisotopic (exact) mass is 226 g/mol. The normalized spacial score (nSPS) is 22.0. The van der Waals surface area contributed by atoms with Crippen LogP contribution in [0.1, 0.15) is 12.8 Å². The molecule has 0 aromatic rings. The van der Waals surface area contributed by atoms with Gasteiger partial charge in [-0.2, -0.15) is 12.7 Å². The van der Waals surface area contributed by atoms with Gasteiger partial charge in [0.1, 0.15) is 0 Å². The number of hydrogen-bond acceptors (Lipinski definition) is 2. The van der Waals surface area contributed by atoms with Crippen LogP contribution in [-0.2, 0) is 10.2 Å². The maximum atomic E-state index is 11.3. The molecular weight excluding hydrogens is 212 g/mol. The van der Waals surface area contributed by atoms with Gasteiger partial charge < -0.3 is 0 Å². The van der Waals surface area contributed by atoms with E-state index in [0.717, 1.165) is 12.8 Å². The summed E-state index contributed by atoms with van der Waals surface area (Å²) < 4.78 is 26.4. The van der Waals surface area contributed by atoms with Gasteiger partial charge in [-0.05, 0) is 18.8 Å². The van der Waals surface area contributed by atoms with E-state index in [1.54, 1.807) is 0 Å². The van der Waals surface area contributed by atoms with Crippen LogP contribution in [0.15, 0.2) is 0 Å². The van der Waals surface area contributed by atoms with Crippen molar-refractivity contribution in [1.29, 1.82) is 0 Å². The molecule has 0 spiro atoms. The third kappa shape index (κ3) is 2.80. The van der Waals surface area contributed by atoms with Crippen LogP contribution in [0.5, 0.6) is 0 Å². The topological polar surface area (TPSA) is 49.4 Å². The fraction of sp³-hybridized carbons (Fsp3) is 1.00. The van der Waals surface area contributed by atoms with Gasteiger partial charge in [0.25, 0.3) is 10.2 Å². The summed E-state index contributed by atoms with van der Waals surface area (Å²) in [6.07, 6.45) is 1.73. The molecule has 1 aliphatic rings. The van der Waals surface area contributed by atoms with Gasteiger partial charge in [0, 0.05) is 26.0 Å². The summed E-state index contributed by atoms with van der Waals surface area (Å²) in [5.41, 5.74) is 0. The van der Waals surface area contributed by atoms with E-state index in [4.69, 9.17) is 11.6 Å².